The molecule has 0 atom stereocenters. The fraction of sp³-hybridized carbons (Fsp3) is 0.143. The number of allylic oxidation sites excluding steroid dienone is 8. The lowest BCUT2D eigenvalue weighted by Gasteiger charge is -1.99. The predicted octanol–water partition coefficient (Wildman–Crippen LogP) is 4.36. The summed E-state index contributed by atoms with van der Waals surface area (Å²) in [5.74, 6) is 0. The van der Waals surface area contributed by atoms with E-state index in [9.17, 15) is 0 Å². The summed E-state index contributed by atoms with van der Waals surface area (Å²) in [4.78, 5) is 0. The number of hydrogen-bond donors (Lipinski definition) is 0. The molecule has 0 aliphatic heterocycles. The Morgan fingerprint density at radius 1 is 1.00 bits per heavy atom. The van der Waals surface area contributed by atoms with E-state index in [0.29, 0.717) is 0 Å². The summed E-state index contributed by atoms with van der Waals surface area (Å²) >= 11 is 0. The van der Waals surface area contributed by atoms with Gasteiger partial charge in [0.15, 0.2) is 0 Å². The van der Waals surface area contributed by atoms with Crippen molar-refractivity contribution in [3.63, 3.8) is 0 Å². The first-order valence-electron chi connectivity index (χ1n) is 4.54. The van der Waals surface area contributed by atoms with Crippen LogP contribution in [0.2, 0.25) is 0 Å². The first kappa shape index (κ1) is 12.4. The third-order valence-corrected chi connectivity index (χ3v) is 1.53. The Labute approximate surface area is 87.3 Å². The van der Waals surface area contributed by atoms with Crippen molar-refractivity contribution in [1.82, 2.24) is 0 Å². The highest BCUT2D eigenvalue weighted by Crippen LogP contribution is 2.10. The van der Waals surface area contributed by atoms with E-state index >= 15 is 0 Å². The van der Waals surface area contributed by atoms with E-state index in [0.717, 1.165) is 23.1 Å². The molecule has 0 N–H and O–H groups in total. The Kier molecular flexibility index (Phi) is 6.13. The molecule has 14 heavy (non-hydrogen) atoms. The molecule has 0 bridgehead atoms. The molecule has 0 heterocycles. The van der Waals surface area contributed by atoms with Gasteiger partial charge in [-0.15, -0.1) is 0 Å². The van der Waals surface area contributed by atoms with Crippen LogP contribution in [0.5, 0.6) is 0 Å². The van der Waals surface area contributed by atoms with Gasteiger partial charge in [0.25, 0.3) is 0 Å². The molecule has 0 fully saturated rings. The minimum absolute atomic E-state index is 0.786. The molecule has 0 aromatic heterocycles. The maximum atomic E-state index is 3.93. The highest BCUT2D eigenvalue weighted by molar-refractivity contribution is 5.30. The lowest BCUT2D eigenvalue weighted by atomic mass is 10.1. The fourth-order valence-electron chi connectivity index (χ4n) is 0.874. The van der Waals surface area contributed by atoms with Crippen molar-refractivity contribution in [2.45, 2.75) is 13.3 Å². The van der Waals surface area contributed by atoms with Crippen LogP contribution in [0.25, 0.3) is 0 Å². The van der Waals surface area contributed by atoms with Crippen LogP contribution in [0.1, 0.15) is 13.3 Å². The van der Waals surface area contributed by atoms with Crippen molar-refractivity contribution in [3.05, 3.63) is 73.4 Å². The fourth-order valence-corrected chi connectivity index (χ4v) is 0.874. The van der Waals surface area contributed by atoms with Crippen molar-refractivity contribution in [2.75, 3.05) is 0 Å². The molecule has 0 aliphatic rings. The van der Waals surface area contributed by atoms with E-state index in [-0.39, 0.29) is 0 Å². The van der Waals surface area contributed by atoms with Gasteiger partial charge in [-0.3, -0.25) is 0 Å². The second kappa shape index (κ2) is 6.90. The topological polar surface area (TPSA) is 0 Å². The van der Waals surface area contributed by atoms with E-state index in [4.69, 9.17) is 0 Å². The molecule has 0 aromatic rings. The van der Waals surface area contributed by atoms with Crippen LogP contribution in [0.4, 0.5) is 0 Å². The van der Waals surface area contributed by atoms with E-state index < -0.39 is 0 Å². The maximum Gasteiger partial charge on any atom is -0.00375 e. The van der Waals surface area contributed by atoms with E-state index in [1.54, 1.807) is 6.08 Å². The van der Waals surface area contributed by atoms with Crippen molar-refractivity contribution in [1.29, 1.82) is 0 Å². The summed E-state index contributed by atoms with van der Waals surface area (Å²) in [6.07, 6.45) is 10.2. The smallest absolute Gasteiger partial charge is 0.00375 e. The van der Waals surface area contributed by atoms with Crippen LogP contribution >= 0.6 is 0 Å². The van der Waals surface area contributed by atoms with Crippen LogP contribution in [-0.4, -0.2) is 0 Å². The molecule has 74 valence electrons. The second-order valence-corrected chi connectivity index (χ2v) is 3.27. The molecule has 0 nitrogen and oxygen atoms in total. The van der Waals surface area contributed by atoms with Gasteiger partial charge in [-0.2, -0.15) is 0 Å². The third-order valence-electron chi connectivity index (χ3n) is 1.53. The summed E-state index contributed by atoms with van der Waals surface area (Å²) in [6.45, 7) is 17.2. The monoisotopic (exact) mass is 186 g/mol. The predicted molar refractivity (Wildman–Crippen MR) is 66.2 cm³/mol. The zero-order chi connectivity index (χ0) is 11.0. The quantitative estimate of drug-likeness (QED) is 0.540. The van der Waals surface area contributed by atoms with Crippen molar-refractivity contribution in [2.24, 2.45) is 0 Å². The van der Waals surface area contributed by atoms with Gasteiger partial charge in [-0.25, -0.2) is 0 Å². The van der Waals surface area contributed by atoms with E-state index in [1.807, 2.05) is 31.2 Å². The van der Waals surface area contributed by atoms with Crippen LogP contribution in [0.15, 0.2) is 73.4 Å². The molecule has 0 heteroatoms. The average molecular weight is 186 g/mol. The van der Waals surface area contributed by atoms with Crippen LogP contribution < -0.4 is 0 Å². The van der Waals surface area contributed by atoms with Gasteiger partial charge in [0.2, 0.25) is 0 Å². The Morgan fingerprint density at radius 2 is 1.57 bits per heavy atom. The second-order valence-electron chi connectivity index (χ2n) is 3.27. The zero-order valence-electron chi connectivity index (χ0n) is 8.92. The Morgan fingerprint density at radius 3 is 2.07 bits per heavy atom. The number of rotatable bonds is 6. The molecule has 0 spiro atoms. The van der Waals surface area contributed by atoms with Gasteiger partial charge in [-0.1, -0.05) is 73.4 Å². The van der Waals surface area contributed by atoms with Gasteiger partial charge in [0, 0.05) is 0 Å². The summed E-state index contributed by atoms with van der Waals surface area (Å²) in [6, 6.07) is 0. The van der Waals surface area contributed by atoms with Crippen LogP contribution in [-0.2, 0) is 0 Å². The Balaban J connectivity index is 4.07. The Hall–Kier alpha value is -1.56. The molecule has 0 unspecified atom stereocenters. The van der Waals surface area contributed by atoms with Crippen LogP contribution in [0.3, 0.4) is 0 Å². The summed E-state index contributed by atoms with van der Waals surface area (Å²) < 4.78 is 0. The van der Waals surface area contributed by atoms with Crippen molar-refractivity contribution in [3.8, 4) is 0 Å². The molecule has 0 amide bonds. The van der Waals surface area contributed by atoms with E-state index in [1.165, 1.54) is 0 Å². The van der Waals surface area contributed by atoms with Gasteiger partial charge < -0.3 is 0 Å². The van der Waals surface area contributed by atoms with Gasteiger partial charge in [0.1, 0.15) is 0 Å². The number of hydrogen-bond acceptors (Lipinski definition) is 0. The van der Waals surface area contributed by atoms with Crippen molar-refractivity contribution >= 4 is 0 Å². The average Bonchev–Trinajstić information content (AvgIpc) is 2.11. The lowest BCUT2D eigenvalue weighted by molar-refractivity contribution is 1.23. The minimum Gasteiger partial charge on any atom is -0.0991 e. The molecule has 0 aliphatic carbocycles. The van der Waals surface area contributed by atoms with Crippen LogP contribution in [0, 0.1) is 0 Å². The zero-order valence-corrected chi connectivity index (χ0v) is 8.92. The van der Waals surface area contributed by atoms with E-state index in [2.05, 4.69) is 26.3 Å². The summed E-state index contributed by atoms with van der Waals surface area (Å²) in [5.41, 5.74) is 3.09. The molecular weight excluding hydrogens is 168 g/mol. The molecule has 0 aromatic carbocycles. The first-order chi connectivity index (χ1) is 6.56. The largest absolute Gasteiger partial charge is 0.0991 e. The molecule has 0 radical (unpaired) electrons. The summed E-state index contributed by atoms with van der Waals surface area (Å²) in [7, 11) is 0. The standard InChI is InChI=1S/C14H18/c1-6-7-8-13(4)11-14(5)10-9-12(2)3/h6-10H,1-2,4-5,11H2,3H3/b8-7-,10-9-. The van der Waals surface area contributed by atoms with Gasteiger partial charge in [-0.05, 0) is 13.3 Å². The summed E-state index contributed by atoms with van der Waals surface area (Å²) in [5, 5.41) is 0. The third kappa shape index (κ3) is 7.11. The molecule has 0 saturated carbocycles. The highest BCUT2D eigenvalue weighted by Gasteiger charge is 1.90. The SMILES string of the molecule is C=C/C=C\C(=C)CC(=C)/C=C\C(=C)C. The Bertz CT molecular complexity index is 298. The highest BCUT2D eigenvalue weighted by atomic mass is 14.0. The minimum atomic E-state index is 0.786. The van der Waals surface area contributed by atoms with Gasteiger partial charge >= 0.3 is 0 Å². The van der Waals surface area contributed by atoms with Crippen molar-refractivity contribution < 1.29 is 0 Å². The normalized spacial score (nSPS) is 10.6. The first-order valence-corrected chi connectivity index (χ1v) is 4.54. The maximum absolute atomic E-state index is 3.93. The lowest BCUT2D eigenvalue weighted by Crippen LogP contribution is -1.79. The molecular formula is C14H18. The van der Waals surface area contributed by atoms with Gasteiger partial charge in [0.05, 0.1) is 0 Å². The molecule has 0 rings (SSSR count). The molecule has 0 saturated heterocycles.